The second kappa shape index (κ2) is 7.90. The number of thiazole rings is 1. The van der Waals surface area contributed by atoms with Gasteiger partial charge in [0.15, 0.2) is 16.6 Å². The lowest BCUT2D eigenvalue weighted by Gasteiger charge is -2.20. The highest BCUT2D eigenvalue weighted by molar-refractivity contribution is 7.14. The van der Waals surface area contributed by atoms with Crippen molar-refractivity contribution in [2.24, 2.45) is 0 Å². The van der Waals surface area contributed by atoms with Gasteiger partial charge in [-0.15, -0.1) is 11.3 Å². The summed E-state index contributed by atoms with van der Waals surface area (Å²) < 4.78 is 10.7. The van der Waals surface area contributed by atoms with Crippen LogP contribution in [0.3, 0.4) is 0 Å². The van der Waals surface area contributed by atoms with Crippen molar-refractivity contribution in [2.45, 2.75) is 13.8 Å². The molecule has 0 atom stereocenters. The Morgan fingerprint density at radius 1 is 1.11 bits per heavy atom. The highest BCUT2D eigenvalue weighted by Crippen LogP contribution is 2.36. The van der Waals surface area contributed by atoms with Crippen molar-refractivity contribution in [3.63, 3.8) is 0 Å². The first-order valence-electron chi connectivity index (χ1n) is 9.20. The number of fused-ring (bicyclic) bond motifs is 1. The Hall–Kier alpha value is -3.06. The van der Waals surface area contributed by atoms with Crippen LogP contribution in [0.15, 0.2) is 47.8 Å². The number of ether oxygens (including phenoxy) is 2. The number of aromatic nitrogens is 1. The van der Waals surface area contributed by atoms with E-state index in [4.69, 9.17) is 9.47 Å². The first-order valence-corrected chi connectivity index (χ1v) is 10.1. The Balaban J connectivity index is 1.45. The van der Waals surface area contributed by atoms with Crippen molar-refractivity contribution in [1.82, 2.24) is 4.98 Å². The van der Waals surface area contributed by atoms with Gasteiger partial charge in [-0.25, -0.2) is 4.98 Å². The molecule has 2 heterocycles. The number of rotatable bonds is 6. The van der Waals surface area contributed by atoms with Crippen molar-refractivity contribution in [3.05, 3.63) is 53.4 Å². The predicted molar refractivity (Wildman–Crippen MR) is 112 cm³/mol. The van der Waals surface area contributed by atoms with Gasteiger partial charge in [-0.3, -0.25) is 10.1 Å². The monoisotopic (exact) mass is 395 g/mol. The number of carbonyl (C=O) groups is 1. The molecule has 7 heteroatoms. The van der Waals surface area contributed by atoms with E-state index in [1.165, 1.54) is 11.3 Å². The van der Waals surface area contributed by atoms with E-state index in [0.717, 1.165) is 35.8 Å². The van der Waals surface area contributed by atoms with E-state index in [-0.39, 0.29) is 12.7 Å². The summed E-state index contributed by atoms with van der Waals surface area (Å²) in [5.74, 6) is 1.28. The van der Waals surface area contributed by atoms with Gasteiger partial charge in [0.25, 0.3) is 5.91 Å². The highest BCUT2D eigenvalue weighted by Gasteiger charge is 2.16. The van der Waals surface area contributed by atoms with Crippen LogP contribution >= 0.6 is 11.3 Å². The Morgan fingerprint density at radius 2 is 1.86 bits per heavy atom. The highest BCUT2D eigenvalue weighted by atomic mass is 32.1. The number of hydrogen-bond acceptors (Lipinski definition) is 6. The quantitative estimate of drug-likeness (QED) is 0.659. The standard InChI is InChI=1S/C21H21N3O3S/c1-3-24(4-2)16-8-5-14(6-9-16)20(25)23-21-22-17(12-28-21)15-7-10-18-19(11-15)27-13-26-18/h5-12H,3-4,13H2,1-2H3,(H,22,23,25). The Bertz CT molecular complexity index is 981. The van der Waals surface area contributed by atoms with Gasteiger partial charge in [0.05, 0.1) is 5.69 Å². The van der Waals surface area contributed by atoms with E-state index in [2.05, 4.69) is 29.0 Å². The van der Waals surface area contributed by atoms with Crippen LogP contribution in [0.2, 0.25) is 0 Å². The molecule has 6 nitrogen and oxygen atoms in total. The topological polar surface area (TPSA) is 63.7 Å². The normalized spacial score (nSPS) is 12.1. The lowest BCUT2D eigenvalue weighted by molar-refractivity contribution is 0.102. The summed E-state index contributed by atoms with van der Waals surface area (Å²) in [6, 6.07) is 13.3. The lowest BCUT2D eigenvalue weighted by atomic mass is 10.1. The van der Waals surface area contributed by atoms with Crippen molar-refractivity contribution in [1.29, 1.82) is 0 Å². The number of hydrogen-bond donors (Lipinski definition) is 1. The summed E-state index contributed by atoms with van der Waals surface area (Å²) in [6.07, 6.45) is 0. The first-order chi connectivity index (χ1) is 13.7. The fourth-order valence-electron chi connectivity index (χ4n) is 3.10. The molecule has 1 aliphatic rings. The summed E-state index contributed by atoms with van der Waals surface area (Å²) in [5, 5.41) is 5.35. The van der Waals surface area contributed by atoms with Gasteiger partial charge in [0, 0.05) is 35.3 Å². The van der Waals surface area contributed by atoms with Crippen LogP contribution in [0.5, 0.6) is 11.5 Å². The third-order valence-corrected chi connectivity index (χ3v) is 5.41. The van der Waals surface area contributed by atoms with Crippen LogP contribution < -0.4 is 19.7 Å². The van der Waals surface area contributed by atoms with Gasteiger partial charge in [0.2, 0.25) is 6.79 Å². The zero-order chi connectivity index (χ0) is 19.5. The molecule has 28 heavy (non-hydrogen) atoms. The van der Waals surface area contributed by atoms with Crippen molar-refractivity contribution in [3.8, 4) is 22.8 Å². The van der Waals surface area contributed by atoms with Gasteiger partial charge in [0.1, 0.15) is 0 Å². The number of benzene rings is 2. The van der Waals surface area contributed by atoms with Gasteiger partial charge < -0.3 is 14.4 Å². The van der Waals surface area contributed by atoms with E-state index in [1.807, 2.05) is 47.8 Å². The van der Waals surface area contributed by atoms with Crippen LogP contribution in [0.25, 0.3) is 11.3 Å². The molecule has 2 aromatic carbocycles. The molecule has 1 aliphatic heterocycles. The summed E-state index contributed by atoms with van der Waals surface area (Å²) in [5.41, 5.74) is 3.43. The molecule has 1 N–H and O–H groups in total. The van der Waals surface area contributed by atoms with Crippen molar-refractivity contribution >= 4 is 28.1 Å². The SMILES string of the molecule is CCN(CC)c1ccc(C(=O)Nc2nc(-c3ccc4c(c3)OCO4)cs2)cc1. The minimum Gasteiger partial charge on any atom is -0.454 e. The van der Waals surface area contributed by atoms with Gasteiger partial charge in [-0.2, -0.15) is 0 Å². The van der Waals surface area contributed by atoms with E-state index >= 15 is 0 Å². The molecular formula is C21H21N3O3S. The third kappa shape index (κ3) is 3.66. The van der Waals surface area contributed by atoms with Crippen molar-refractivity contribution in [2.75, 3.05) is 30.1 Å². The summed E-state index contributed by atoms with van der Waals surface area (Å²) >= 11 is 1.39. The van der Waals surface area contributed by atoms with Gasteiger partial charge in [-0.1, -0.05) is 0 Å². The number of carbonyl (C=O) groups excluding carboxylic acids is 1. The average Bonchev–Trinajstić information content (AvgIpc) is 3.38. The van der Waals surface area contributed by atoms with Crippen LogP contribution in [0.4, 0.5) is 10.8 Å². The maximum absolute atomic E-state index is 12.5. The number of nitrogens with zero attached hydrogens (tertiary/aromatic N) is 2. The molecule has 4 rings (SSSR count). The van der Waals surface area contributed by atoms with E-state index in [1.54, 1.807) is 0 Å². The molecule has 0 spiro atoms. The molecule has 3 aromatic rings. The number of amides is 1. The zero-order valence-electron chi connectivity index (χ0n) is 15.8. The van der Waals surface area contributed by atoms with Crippen LogP contribution in [-0.2, 0) is 0 Å². The van der Waals surface area contributed by atoms with E-state index in [0.29, 0.717) is 16.4 Å². The molecule has 0 saturated heterocycles. The van der Waals surface area contributed by atoms with Crippen LogP contribution in [-0.4, -0.2) is 30.8 Å². The number of anilines is 2. The minimum absolute atomic E-state index is 0.169. The van der Waals surface area contributed by atoms with Crippen molar-refractivity contribution < 1.29 is 14.3 Å². The predicted octanol–water partition coefficient (Wildman–Crippen LogP) is 4.64. The summed E-state index contributed by atoms with van der Waals surface area (Å²) in [6.45, 7) is 6.34. The molecule has 144 valence electrons. The fourth-order valence-corrected chi connectivity index (χ4v) is 3.82. The molecule has 0 bridgehead atoms. The second-order valence-corrected chi connectivity index (χ2v) is 7.14. The zero-order valence-corrected chi connectivity index (χ0v) is 16.6. The maximum atomic E-state index is 12.5. The molecule has 1 amide bonds. The largest absolute Gasteiger partial charge is 0.454 e. The van der Waals surface area contributed by atoms with E-state index in [9.17, 15) is 4.79 Å². The Kier molecular flexibility index (Phi) is 5.16. The molecule has 0 saturated carbocycles. The summed E-state index contributed by atoms with van der Waals surface area (Å²) in [7, 11) is 0. The fraction of sp³-hybridized carbons (Fsp3) is 0.238. The Labute approximate surface area is 167 Å². The van der Waals surface area contributed by atoms with Crippen LogP contribution in [0.1, 0.15) is 24.2 Å². The minimum atomic E-state index is -0.169. The smallest absolute Gasteiger partial charge is 0.257 e. The first kappa shape index (κ1) is 18.3. The van der Waals surface area contributed by atoms with Gasteiger partial charge in [-0.05, 0) is 56.3 Å². The molecule has 0 aliphatic carbocycles. The molecular weight excluding hydrogens is 374 g/mol. The molecule has 0 unspecified atom stereocenters. The van der Waals surface area contributed by atoms with E-state index < -0.39 is 0 Å². The van der Waals surface area contributed by atoms with Crippen LogP contribution in [0, 0.1) is 0 Å². The van der Waals surface area contributed by atoms with Gasteiger partial charge >= 0.3 is 0 Å². The molecule has 0 radical (unpaired) electrons. The number of nitrogens with one attached hydrogen (secondary N) is 1. The maximum Gasteiger partial charge on any atom is 0.257 e. The molecule has 1 aromatic heterocycles. The third-order valence-electron chi connectivity index (χ3n) is 4.65. The summed E-state index contributed by atoms with van der Waals surface area (Å²) in [4.78, 5) is 19.3. The second-order valence-electron chi connectivity index (χ2n) is 6.28. The molecule has 0 fully saturated rings. The lowest BCUT2D eigenvalue weighted by Crippen LogP contribution is -2.21. The average molecular weight is 395 g/mol. The Morgan fingerprint density at radius 3 is 2.61 bits per heavy atom.